The molecule has 0 aliphatic heterocycles. The molecule has 0 saturated carbocycles. The minimum Gasteiger partial charge on any atom is -0.484 e. The van der Waals surface area contributed by atoms with Gasteiger partial charge in [-0.1, -0.05) is 18.2 Å². The third kappa shape index (κ3) is 6.65. The first kappa shape index (κ1) is 20.3. The van der Waals surface area contributed by atoms with Crippen molar-refractivity contribution in [2.75, 3.05) is 18.5 Å². The number of carbonyl (C=O) groups is 2. The van der Waals surface area contributed by atoms with E-state index in [-0.39, 0.29) is 24.5 Å². The van der Waals surface area contributed by atoms with Gasteiger partial charge in [-0.2, -0.15) is 13.2 Å². The standard InChI is InChI=1S/C19H19F3N2O3/c1-2-23-18(26)12-27-16-8-6-15(7-9-16)24-17(25)11-13-4-3-5-14(10-13)19(20,21)22/h3-10H,2,11-12H2,1H3,(H,23,26)(H,24,25). The van der Waals surface area contributed by atoms with Crippen molar-refractivity contribution < 1.29 is 27.5 Å². The molecule has 0 unspecified atom stereocenters. The average Bonchev–Trinajstić information content (AvgIpc) is 2.61. The van der Waals surface area contributed by atoms with Crippen molar-refractivity contribution in [1.29, 1.82) is 0 Å². The molecule has 0 aliphatic carbocycles. The van der Waals surface area contributed by atoms with Gasteiger partial charge in [-0.15, -0.1) is 0 Å². The molecule has 0 aliphatic rings. The second-order valence-corrected chi connectivity index (χ2v) is 5.69. The molecule has 2 aromatic carbocycles. The van der Waals surface area contributed by atoms with Gasteiger partial charge in [0.2, 0.25) is 5.91 Å². The van der Waals surface area contributed by atoms with Crippen LogP contribution in [-0.2, 0) is 22.2 Å². The number of likely N-dealkylation sites (N-methyl/N-ethyl adjacent to an activating group) is 1. The number of hydrogen-bond donors (Lipinski definition) is 2. The van der Waals surface area contributed by atoms with Crippen LogP contribution in [-0.4, -0.2) is 25.0 Å². The van der Waals surface area contributed by atoms with Gasteiger partial charge in [0.1, 0.15) is 5.75 Å². The van der Waals surface area contributed by atoms with Crippen molar-refractivity contribution in [1.82, 2.24) is 5.32 Å². The van der Waals surface area contributed by atoms with Crippen LogP contribution in [0.3, 0.4) is 0 Å². The molecule has 0 bridgehead atoms. The lowest BCUT2D eigenvalue weighted by atomic mass is 10.1. The maximum absolute atomic E-state index is 12.7. The number of benzene rings is 2. The first-order chi connectivity index (χ1) is 12.8. The third-order valence-electron chi connectivity index (χ3n) is 3.50. The lowest BCUT2D eigenvalue weighted by Gasteiger charge is -2.10. The van der Waals surface area contributed by atoms with E-state index in [1.165, 1.54) is 12.1 Å². The number of halogens is 3. The lowest BCUT2D eigenvalue weighted by molar-refractivity contribution is -0.137. The van der Waals surface area contributed by atoms with Gasteiger partial charge in [-0.25, -0.2) is 0 Å². The zero-order valence-corrected chi connectivity index (χ0v) is 14.6. The molecule has 0 heterocycles. The highest BCUT2D eigenvalue weighted by Crippen LogP contribution is 2.29. The summed E-state index contributed by atoms with van der Waals surface area (Å²) in [4.78, 5) is 23.4. The SMILES string of the molecule is CCNC(=O)COc1ccc(NC(=O)Cc2cccc(C(F)(F)F)c2)cc1. The summed E-state index contributed by atoms with van der Waals surface area (Å²) >= 11 is 0. The van der Waals surface area contributed by atoms with E-state index in [0.29, 0.717) is 18.0 Å². The summed E-state index contributed by atoms with van der Waals surface area (Å²) in [7, 11) is 0. The molecule has 2 amide bonds. The van der Waals surface area contributed by atoms with Crippen molar-refractivity contribution in [2.24, 2.45) is 0 Å². The number of alkyl halides is 3. The third-order valence-corrected chi connectivity index (χ3v) is 3.50. The number of carbonyl (C=O) groups excluding carboxylic acids is 2. The maximum Gasteiger partial charge on any atom is 0.416 e. The summed E-state index contributed by atoms with van der Waals surface area (Å²) in [6.45, 7) is 2.20. The summed E-state index contributed by atoms with van der Waals surface area (Å²) in [6, 6.07) is 11.0. The summed E-state index contributed by atoms with van der Waals surface area (Å²) in [5.74, 6) is -0.224. The molecular formula is C19H19F3N2O3. The van der Waals surface area contributed by atoms with Crippen LogP contribution in [0.2, 0.25) is 0 Å². The van der Waals surface area contributed by atoms with E-state index >= 15 is 0 Å². The normalized spacial score (nSPS) is 11.0. The molecule has 2 aromatic rings. The molecule has 5 nitrogen and oxygen atoms in total. The number of nitrogens with one attached hydrogen (secondary N) is 2. The van der Waals surface area contributed by atoms with E-state index in [4.69, 9.17) is 4.74 Å². The van der Waals surface area contributed by atoms with E-state index < -0.39 is 17.6 Å². The summed E-state index contributed by atoms with van der Waals surface area (Å²) in [5.41, 5.74) is -0.0528. The Morgan fingerprint density at radius 3 is 2.37 bits per heavy atom. The van der Waals surface area contributed by atoms with Crippen LogP contribution in [0, 0.1) is 0 Å². The summed E-state index contributed by atoms with van der Waals surface area (Å²) in [5, 5.41) is 5.20. The van der Waals surface area contributed by atoms with Gasteiger partial charge >= 0.3 is 6.18 Å². The molecule has 0 fully saturated rings. The van der Waals surface area contributed by atoms with Crippen LogP contribution < -0.4 is 15.4 Å². The Hall–Kier alpha value is -3.03. The molecular weight excluding hydrogens is 361 g/mol. The van der Waals surface area contributed by atoms with Crippen LogP contribution >= 0.6 is 0 Å². The van der Waals surface area contributed by atoms with Gasteiger partial charge in [0, 0.05) is 12.2 Å². The quantitative estimate of drug-likeness (QED) is 0.774. The number of hydrogen-bond acceptors (Lipinski definition) is 3. The first-order valence-corrected chi connectivity index (χ1v) is 8.23. The van der Waals surface area contributed by atoms with Crippen molar-refractivity contribution in [3.05, 3.63) is 59.7 Å². The Morgan fingerprint density at radius 1 is 1.04 bits per heavy atom. The monoisotopic (exact) mass is 380 g/mol. The van der Waals surface area contributed by atoms with Crippen molar-refractivity contribution >= 4 is 17.5 Å². The molecule has 8 heteroatoms. The highest BCUT2D eigenvalue weighted by molar-refractivity contribution is 5.92. The van der Waals surface area contributed by atoms with Gasteiger partial charge in [-0.05, 0) is 42.8 Å². The van der Waals surface area contributed by atoms with Gasteiger partial charge in [0.25, 0.3) is 5.91 Å². The predicted octanol–water partition coefficient (Wildman–Crippen LogP) is 3.40. The van der Waals surface area contributed by atoms with Gasteiger partial charge < -0.3 is 15.4 Å². The van der Waals surface area contributed by atoms with E-state index in [1.54, 1.807) is 31.2 Å². The molecule has 0 spiro atoms. The van der Waals surface area contributed by atoms with E-state index in [0.717, 1.165) is 12.1 Å². The minimum atomic E-state index is -4.45. The molecule has 0 radical (unpaired) electrons. The van der Waals surface area contributed by atoms with Gasteiger partial charge in [0.05, 0.1) is 12.0 Å². The topological polar surface area (TPSA) is 67.4 Å². The van der Waals surface area contributed by atoms with Crippen molar-refractivity contribution in [2.45, 2.75) is 19.5 Å². The predicted molar refractivity (Wildman–Crippen MR) is 94.4 cm³/mol. The van der Waals surface area contributed by atoms with Gasteiger partial charge in [-0.3, -0.25) is 9.59 Å². The number of anilines is 1. The fourth-order valence-electron chi connectivity index (χ4n) is 2.28. The van der Waals surface area contributed by atoms with E-state index in [9.17, 15) is 22.8 Å². The molecule has 0 aromatic heterocycles. The van der Waals surface area contributed by atoms with Crippen LogP contribution in [0.25, 0.3) is 0 Å². The largest absolute Gasteiger partial charge is 0.484 e. The molecule has 0 saturated heterocycles. The molecule has 0 atom stereocenters. The highest BCUT2D eigenvalue weighted by Gasteiger charge is 2.30. The average molecular weight is 380 g/mol. The van der Waals surface area contributed by atoms with Gasteiger partial charge in [0.15, 0.2) is 6.61 Å². The molecule has 144 valence electrons. The first-order valence-electron chi connectivity index (χ1n) is 8.23. The Balaban J connectivity index is 1.90. The Labute approximate surface area is 154 Å². The lowest BCUT2D eigenvalue weighted by Crippen LogP contribution is -2.28. The van der Waals surface area contributed by atoms with Crippen LogP contribution in [0.15, 0.2) is 48.5 Å². The molecule has 2 N–H and O–H groups in total. The smallest absolute Gasteiger partial charge is 0.416 e. The Kier molecular flexibility index (Phi) is 6.81. The highest BCUT2D eigenvalue weighted by atomic mass is 19.4. The minimum absolute atomic E-state index is 0.116. The second kappa shape index (κ2) is 9.07. The fraction of sp³-hybridized carbons (Fsp3) is 0.263. The van der Waals surface area contributed by atoms with Crippen LogP contribution in [0.1, 0.15) is 18.1 Å². The van der Waals surface area contributed by atoms with Crippen molar-refractivity contribution in [3.63, 3.8) is 0 Å². The van der Waals surface area contributed by atoms with E-state index in [2.05, 4.69) is 10.6 Å². The van der Waals surface area contributed by atoms with E-state index in [1.807, 2.05) is 0 Å². The maximum atomic E-state index is 12.7. The van der Waals surface area contributed by atoms with Crippen LogP contribution in [0.4, 0.5) is 18.9 Å². The second-order valence-electron chi connectivity index (χ2n) is 5.69. The Bertz CT molecular complexity index is 790. The molecule has 2 rings (SSSR count). The number of ether oxygens (including phenoxy) is 1. The summed E-state index contributed by atoms with van der Waals surface area (Å²) < 4.78 is 43.4. The van der Waals surface area contributed by atoms with Crippen LogP contribution in [0.5, 0.6) is 5.75 Å². The Morgan fingerprint density at radius 2 is 1.74 bits per heavy atom. The number of rotatable bonds is 7. The zero-order chi connectivity index (χ0) is 19.9. The summed E-state index contributed by atoms with van der Waals surface area (Å²) in [6.07, 6.45) is -4.63. The zero-order valence-electron chi connectivity index (χ0n) is 14.6. The number of amides is 2. The fourth-order valence-corrected chi connectivity index (χ4v) is 2.28. The van der Waals surface area contributed by atoms with Crippen molar-refractivity contribution in [3.8, 4) is 5.75 Å². The molecule has 27 heavy (non-hydrogen) atoms.